The number of aromatic nitrogens is 1. The van der Waals surface area contributed by atoms with Gasteiger partial charge in [0.05, 0.1) is 37.1 Å². The highest BCUT2D eigenvalue weighted by molar-refractivity contribution is 9.10. The zero-order valence-electron chi connectivity index (χ0n) is 11.7. The number of carbonyl (C=O) groups is 1. The fraction of sp³-hybridized carbons (Fsp3) is 0.385. The number of halogens is 1. The van der Waals surface area contributed by atoms with Gasteiger partial charge in [-0.2, -0.15) is 0 Å². The number of ether oxygens (including phenoxy) is 1. The number of nitrogens with two attached hydrogens (primary N) is 2. The number of nitrogens with one attached hydrogen (secondary N) is 1. The van der Waals surface area contributed by atoms with Crippen LogP contribution in [-0.2, 0) is 10.4 Å². The van der Waals surface area contributed by atoms with Gasteiger partial charge >= 0.3 is 0 Å². The van der Waals surface area contributed by atoms with E-state index in [9.17, 15) is 4.79 Å². The molecule has 2 heterocycles. The van der Waals surface area contributed by atoms with E-state index in [1.54, 1.807) is 25.5 Å². The van der Waals surface area contributed by atoms with E-state index in [1.165, 1.54) is 0 Å². The van der Waals surface area contributed by atoms with Crippen LogP contribution in [0, 0.1) is 0 Å². The molecule has 1 aliphatic rings. The Hall–Kier alpha value is -1.80. The smallest absolute Gasteiger partial charge is 0.198 e. The summed E-state index contributed by atoms with van der Waals surface area (Å²) < 4.78 is 5.78. The van der Waals surface area contributed by atoms with Crippen LogP contribution in [0.2, 0.25) is 0 Å². The fourth-order valence-electron chi connectivity index (χ4n) is 2.01. The van der Waals surface area contributed by atoms with Gasteiger partial charge in [-0.15, -0.1) is 0 Å². The summed E-state index contributed by atoms with van der Waals surface area (Å²) in [6.45, 7) is 3.23. The minimum atomic E-state index is -1.02. The number of rotatable bonds is 5. The van der Waals surface area contributed by atoms with E-state index in [1.807, 2.05) is 4.90 Å². The maximum absolute atomic E-state index is 12.3. The number of Topliss-reactive ketones (excluding diaryl/α,β-unsaturated/α-hetero) is 1. The Bertz CT molecular complexity index is 579. The summed E-state index contributed by atoms with van der Waals surface area (Å²) in [7, 11) is 0. The summed E-state index contributed by atoms with van der Waals surface area (Å²) in [5.74, 6) is -0.0407. The van der Waals surface area contributed by atoms with Crippen LogP contribution in [0.3, 0.4) is 0 Å². The Balaban J connectivity index is 2.16. The van der Waals surface area contributed by atoms with Crippen LogP contribution < -0.4 is 11.5 Å². The molecule has 0 fully saturated rings. The molecule has 5 N–H and O–H groups in total. The Morgan fingerprint density at radius 3 is 3.10 bits per heavy atom. The minimum Gasteiger partial charge on any atom is -0.498 e. The van der Waals surface area contributed by atoms with Gasteiger partial charge in [0.2, 0.25) is 0 Å². The van der Waals surface area contributed by atoms with Crippen LogP contribution in [-0.4, -0.2) is 41.7 Å². The molecular formula is C13H18BrN5O2. The van der Waals surface area contributed by atoms with Gasteiger partial charge in [0.25, 0.3) is 0 Å². The van der Waals surface area contributed by atoms with Crippen LogP contribution in [0.5, 0.6) is 0 Å². The molecule has 0 amide bonds. The molecule has 0 saturated carbocycles. The SMILES string of the molecule is CC(N)(/N=C\N)c1[nH]c(C(=O)CN2C=COCC2)cc1Br. The van der Waals surface area contributed by atoms with Crippen molar-refractivity contribution in [1.29, 1.82) is 0 Å². The molecule has 2 rings (SSSR count). The maximum atomic E-state index is 12.3. The Morgan fingerprint density at radius 2 is 2.48 bits per heavy atom. The number of H-pyrrole nitrogens is 1. The molecule has 1 aromatic heterocycles. The Labute approximate surface area is 131 Å². The largest absolute Gasteiger partial charge is 0.498 e. The monoisotopic (exact) mass is 355 g/mol. The normalized spacial score (nSPS) is 17.8. The van der Waals surface area contributed by atoms with Crippen LogP contribution in [0.4, 0.5) is 0 Å². The lowest BCUT2D eigenvalue weighted by molar-refractivity contribution is 0.0921. The van der Waals surface area contributed by atoms with Crippen molar-refractivity contribution in [2.45, 2.75) is 12.6 Å². The summed E-state index contributed by atoms with van der Waals surface area (Å²) >= 11 is 3.39. The van der Waals surface area contributed by atoms with E-state index in [-0.39, 0.29) is 12.3 Å². The first kappa shape index (κ1) is 15.6. The van der Waals surface area contributed by atoms with E-state index in [0.29, 0.717) is 29.0 Å². The zero-order valence-corrected chi connectivity index (χ0v) is 13.3. The van der Waals surface area contributed by atoms with Gasteiger partial charge in [0.1, 0.15) is 12.3 Å². The van der Waals surface area contributed by atoms with Gasteiger partial charge in [-0.05, 0) is 28.9 Å². The molecule has 0 spiro atoms. The predicted molar refractivity (Wildman–Crippen MR) is 83.7 cm³/mol. The van der Waals surface area contributed by atoms with Crippen molar-refractivity contribution < 1.29 is 9.53 Å². The minimum absolute atomic E-state index is 0.0407. The first-order valence-electron chi connectivity index (χ1n) is 6.43. The van der Waals surface area contributed by atoms with E-state index in [2.05, 4.69) is 25.9 Å². The summed E-state index contributed by atoms with van der Waals surface area (Å²) in [6, 6.07) is 1.71. The summed E-state index contributed by atoms with van der Waals surface area (Å²) in [4.78, 5) is 21.2. The number of aliphatic imine (C=N–C) groups is 1. The zero-order chi connectivity index (χ0) is 15.5. The molecule has 114 valence electrons. The number of hydrogen-bond donors (Lipinski definition) is 3. The first-order chi connectivity index (χ1) is 9.94. The molecule has 1 aromatic rings. The molecule has 0 saturated heterocycles. The lowest BCUT2D eigenvalue weighted by Gasteiger charge is -2.22. The molecule has 7 nitrogen and oxygen atoms in total. The molecule has 1 aliphatic heterocycles. The molecule has 1 atom stereocenters. The molecular weight excluding hydrogens is 338 g/mol. The van der Waals surface area contributed by atoms with Crippen molar-refractivity contribution in [2.75, 3.05) is 19.7 Å². The second kappa shape index (κ2) is 6.31. The standard InChI is InChI=1S/C13H18BrN5O2/c1-13(16,17-8-15)12-9(14)6-10(18-12)11(20)7-19-2-4-21-5-3-19/h2,4,6,8,18H,3,5,7,16H2,1H3,(H2,15,17). The Morgan fingerprint density at radius 1 is 1.71 bits per heavy atom. The van der Waals surface area contributed by atoms with Crippen molar-refractivity contribution in [2.24, 2.45) is 16.5 Å². The fourth-order valence-corrected chi connectivity index (χ4v) is 2.74. The van der Waals surface area contributed by atoms with Gasteiger partial charge in [-0.25, -0.2) is 4.99 Å². The number of ketones is 1. The summed E-state index contributed by atoms with van der Waals surface area (Å²) in [6.07, 6.45) is 4.49. The topological polar surface area (TPSA) is 110 Å². The van der Waals surface area contributed by atoms with E-state index < -0.39 is 5.66 Å². The summed E-state index contributed by atoms with van der Waals surface area (Å²) in [5, 5.41) is 0. The van der Waals surface area contributed by atoms with Gasteiger partial charge in [-0.3, -0.25) is 4.79 Å². The second-order valence-electron chi connectivity index (χ2n) is 4.88. The van der Waals surface area contributed by atoms with Gasteiger partial charge < -0.3 is 26.1 Å². The molecule has 8 heteroatoms. The molecule has 0 radical (unpaired) electrons. The predicted octanol–water partition coefficient (Wildman–Crippen LogP) is 0.882. The third-order valence-corrected chi connectivity index (χ3v) is 3.76. The van der Waals surface area contributed by atoms with E-state index >= 15 is 0 Å². The van der Waals surface area contributed by atoms with Crippen molar-refractivity contribution in [3.63, 3.8) is 0 Å². The van der Waals surface area contributed by atoms with Crippen molar-refractivity contribution in [3.05, 3.63) is 34.4 Å². The lowest BCUT2D eigenvalue weighted by Crippen LogP contribution is -2.33. The third-order valence-electron chi connectivity index (χ3n) is 3.13. The second-order valence-corrected chi connectivity index (χ2v) is 5.74. The molecule has 0 aliphatic carbocycles. The van der Waals surface area contributed by atoms with Crippen molar-refractivity contribution in [3.8, 4) is 0 Å². The van der Waals surface area contributed by atoms with Crippen LogP contribution in [0.25, 0.3) is 0 Å². The van der Waals surface area contributed by atoms with Crippen molar-refractivity contribution in [1.82, 2.24) is 9.88 Å². The average Bonchev–Trinajstić information content (AvgIpc) is 2.83. The highest BCUT2D eigenvalue weighted by Gasteiger charge is 2.26. The number of carbonyl (C=O) groups excluding carboxylic acids is 1. The van der Waals surface area contributed by atoms with Crippen LogP contribution >= 0.6 is 15.9 Å². The highest BCUT2D eigenvalue weighted by Crippen LogP contribution is 2.28. The maximum Gasteiger partial charge on any atom is 0.198 e. The molecule has 1 unspecified atom stereocenters. The number of nitrogens with zero attached hydrogens (tertiary/aromatic N) is 2. The quantitative estimate of drug-likeness (QED) is 0.412. The number of hydrogen-bond acceptors (Lipinski definition) is 5. The molecule has 21 heavy (non-hydrogen) atoms. The average molecular weight is 356 g/mol. The van der Waals surface area contributed by atoms with Crippen molar-refractivity contribution >= 4 is 28.1 Å². The first-order valence-corrected chi connectivity index (χ1v) is 7.22. The lowest BCUT2D eigenvalue weighted by atomic mass is 10.1. The summed E-state index contributed by atoms with van der Waals surface area (Å²) in [5.41, 5.74) is 11.4. The molecule has 0 bridgehead atoms. The van der Waals surface area contributed by atoms with Crippen LogP contribution in [0.1, 0.15) is 23.1 Å². The highest BCUT2D eigenvalue weighted by atomic mass is 79.9. The van der Waals surface area contributed by atoms with Gasteiger partial charge in [0, 0.05) is 10.7 Å². The van der Waals surface area contributed by atoms with E-state index in [4.69, 9.17) is 16.2 Å². The van der Waals surface area contributed by atoms with Gasteiger partial charge in [0.15, 0.2) is 5.78 Å². The Kier molecular flexibility index (Phi) is 4.69. The van der Waals surface area contributed by atoms with E-state index in [0.717, 1.165) is 6.34 Å². The third kappa shape index (κ3) is 3.64. The van der Waals surface area contributed by atoms with Gasteiger partial charge in [-0.1, -0.05) is 0 Å². The molecule has 0 aromatic carbocycles. The number of aromatic amines is 1. The van der Waals surface area contributed by atoms with Crippen LogP contribution in [0.15, 0.2) is 28.0 Å².